The lowest BCUT2D eigenvalue weighted by molar-refractivity contribution is -0.0656. The molecule has 3 nitrogen and oxygen atoms in total. The predicted molar refractivity (Wildman–Crippen MR) is 157 cm³/mol. The molecule has 4 N–H and O–H groups in total. The molecular formula is C34H54N2O. The van der Waals surface area contributed by atoms with Gasteiger partial charge in [-0.3, -0.25) is 0 Å². The number of nitrogens with two attached hydrogens (primary N) is 2. The summed E-state index contributed by atoms with van der Waals surface area (Å²) in [4.78, 5) is 0. The highest BCUT2D eigenvalue weighted by atomic mass is 16.5. The first-order valence-electron chi connectivity index (χ1n) is 15.6. The molecule has 206 valence electrons. The smallest absolute Gasteiger partial charge is 0.0722 e. The van der Waals surface area contributed by atoms with Gasteiger partial charge in [0.15, 0.2) is 0 Å². The molecule has 8 atom stereocenters. The molecule has 0 radical (unpaired) electrons. The average molecular weight is 507 g/mol. The van der Waals surface area contributed by atoms with E-state index in [1.54, 1.807) is 5.57 Å². The number of allylic oxidation sites excluding steroid dienone is 1. The second-order valence-corrected chi connectivity index (χ2v) is 14.5. The van der Waals surface area contributed by atoms with Gasteiger partial charge in [-0.25, -0.2) is 0 Å². The van der Waals surface area contributed by atoms with Gasteiger partial charge >= 0.3 is 0 Å². The minimum absolute atomic E-state index is 0.315. The van der Waals surface area contributed by atoms with E-state index in [0.29, 0.717) is 23.5 Å². The zero-order valence-corrected chi connectivity index (χ0v) is 24.4. The lowest BCUT2D eigenvalue weighted by Gasteiger charge is -2.58. The van der Waals surface area contributed by atoms with Crippen LogP contribution in [0, 0.1) is 46.3 Å². The molecule has 37 heavy (non-hydrogen) atoms. The Balaban J connectivity index is 1.23. The van der Waals surface area contributed by atoms with Gasteiger partial charge in [0, 0.05) is 11.4 Å². The maximum atomic E-state index is 6.43. The Morgan fingerprint density at radius 1 is 0.919 bits per heavy atom. The number of nitrogen functional groups attached to an aromatic ring is 2. The standard InChI is InChI=1S/C34H54N2O/c1-22(2)7-6-8-23(3)30-11-12-31-29-10-9-25-19-28(37-21-24-17-26(35)20-27(36)18-24)13-15-33(25,4)32(29)14-16-34(30,31)5/h9,17-18,20,22-23,28-32H,6-8,10-16,19,21,35-36H2,1-5H3/t23-,28+,29+,30-,31+,32+,33+,34-/m1/s1. The number of fused-ring (bicyclic) bond motifs is 5. The van der Waals surface area contributed by atoms with Crippen LogP contribution in [0.15, 0.2) is 29.8 Å². The van der Waals surface area contributed by atoms with E-state index in [1.165, 1.54) is 64.2 Å². The summed E-state index contributed by atoms with van der Waals surface area (Å²) in [6, 6.07) is 5.80. The summed E-state index contributed by atoms with van der Waals surface area (Å²) in [6.07, 6.45) is 18.0. The third kappa shape index (κ3) is 5.23. The first-order chi connectivity index (χ1) is 17.6. The van der Waals surface area contributed by atoms with Crippen LogP contribution in [0.25, 0.3) is 0 Å². The summed E-state index contributed by atoms with van der Waals surface area (Å²) in [6.45, 7) is 13.3. The fraction of sp³-hybridized carbons (Fsp3) is 0.765. The molecule has 1 aromatic rings. The van der Waals surface area contributed by atoms with Gasteiger partial charge in [0.1, 0.15) is 0 Å². The van der Waals surface area contributed by atoms with Crippen LogP contribution in [0.3, 0.4) is 0 Å². The van der Waals surface area contributed by atoms with Crippen LogP contribution in [0.5, 0.6) is 0 Å². The average Bonchev–Trinajstić information content (AvgIpc) is 3.19. The van der Waals surface area contributed by atoms with Crippen molar-refractivity contribution in [2.75, 3.05) is 11.5 Å². The Kier molecular flexibility index (Phi) is 7.76. The lowest BCUT2D eigenvalue weighted by Crippen LogP contribution is -2.51. The van der Waals surface area contributed by atoms with E-state index in [0.717, 1.165) is 58.9 Å². The molecule has 1 aromatic carbocycles. The van der Waals surface area contributed by atoms with Crippen molar-refractivity contribution in [2.24, 2.45) is 46.3 Å². The minimum atomic E-state index is 0.315. The molecule has 0 spiro atoms. The highest BCUT2D eigenvalue weighted by molar-refractivity contribution is 5.54. The van der Waals surface area contributed by atoms with E-state index in [1.807, 2.05) is 18.2 Å². The van der Waals surface area contributed by atoms with Crippen LogP contribution in [0.4, 0.5) is 11.4 Å². The van der Waals surface area contributed by atoms with Gasteiger partial charge in [-0.15, -0.1) is 0 Å². The summed E-state index contributed by atoms with van der Waals surface area (Å²) < 4.78 is 6.43. The highest BCUT2D eigenvalue weighted by Gasteiger charge is 2.59. The van der Waals surface area contributed by atoms with Crippen LogP contribution in [0.2, 0.25) is 0 Å². The van der Waals surface area contributed by atoms with Crippen molar-refractivity contribution < 1.29 is 4.74 Å². The predicted octanol–water partition coefficient (Wildman–Crippen LogP) is 8.78. The summed E-state index contributed by atoms with van der Waals surface area (Å²) in [5.74, 6) is 5.37. The van der Waals surface area contributed by atoms with Crippen molar-refractivity contribution in [1.29, 1.82) is 0 Å². The second kappa shape index (κ2) is 10.6. The molecule has 3 heteroatoms. The Labute approximate surface area is 227 Å². The number of hydrogen-bond donors (Lipinski definition) is 2. The van der Waals surface area contributed by atoms with Gasteiger partial charge < -0.3 is 16.2 Å². The van der Waals surface area contributed by atoms with Crippen molar-refractivity contribution in [3.8, 4) is 0 Å². The van der Waals surface area contributed by atoms with Crippen molar-refractivity contribution in [3.63, 3.8) is 0 Å². The lowest BCUT2D eigenvalue weighted by atomic mass is 9.47. The Morgan fingerprint density at radius 2 is 1.68 bits per heavy atom. The summed E-state index contributed by atoms with van der Waals surface area (Å²) >= 11 is 0. The van der Waals surface area contributed by atoms with Crippen LogP contribution in [-0.4, -0.2) is 6.10 Å². The molecule has 0 heterocycles. The summed E-state index contributed by atoms with van der Waals surface area (Å²) in [5.41, 5.74) is 17.2. The quantitative estimate of drug-likeness (QED) is 0.273. The third-order valence-electron chi connectivity index (χ3n) is 11.8. The molecule has 4 aliphatic rings. The molecular weight excluding hydrogens is 452 g/mol. The highest BCUT2D eigenvalue weighted by Crippen LogP contribution is 2.67. The zero-order valence-electron chi connectivity index (χ0n) is 24.4. The molecule has 3 saturated carbocycles. The second-order valence-electron chi connectivity index (χ2n) is 14.5. The summed E-state index contributed by atoms with van der Waals surface area (Å²) in [7, 11) is 0. The van der Waals surface area contributed by atoms with Crippen LogP contribution in [0.1, 0.15) is 111 Å². The van der Waals surface area contributed by atoms with Crippen LogP contribution >= 0.6 is 0 Å². The van der Waals surface area contributed by atoms with Gasteiger partial charge in [-0.05, 0) is 121 Å². The Morgan fingerprint density at radius 3 is 2.41 bits per heavy atom. The molecule has 0 aliphatic heterocycles. The van der Waals surface area contributed by atoms with Crippen molar-refractivity contribution in [1.82, 2.24) is 0 Å². The topological polar surface area (TPSA) is 61.3 Å². The zero-order chi connectivity index (χ0) is 26.4. The Hall–Kier alpha value is -1.48. The molecule has 0 bridgehead atoms. The van der Waals surface area contributed by atoms with Gasteiger partial charge in [0.2, 0.25) is 0 Å². The monoisotopic (exact) mass is 506 g/mol. The van der Waals surface area contributed by atoms with Crippen molar-refractivity contribution in [3.05, 3.63) is 35.4 Å². The number of ether oxygens (including phenoxy) is 1. The molecule has 0 aromatic heterocycles. The molecule has 3 fully saturated rings. The van der Waals surface area contributed by atoms with Crippen LogP contribution < -0.4 is 11.5 Å². The van der Waals surface area contributed by atoms with E-state index in [-0.39, 0.29) is 0 Å². The van der Waals surface area contributed by atoms with Gasteiger partial charge in [0.05, 0.1) is 12.7 Å². The number of anilines is 2. The van der Waals surface area contributed by atoms with E-state index >= 15 is 0 Å². The largest absolute Gasteiger partial charge is 0.399 e. The van der Waals surface area contributed by atoms with Gasteiger partial charge in [-0.1, -0.05) is 65.5 Å². The summed E-state index contributed by atoms with van der Waals surface area (Å²) in [5, 5.41) is 0. The molecule has 0 amide bonds. The first kappa shape index (κ1) is 27.1. The van der Waals surface area contributed by atoms with Crippen molar-refractivity contribution >= 4 is 11.4 Å². The SMILES string of the molecule is CC(C)CCC[C@@H](C)[C@H]1CC[C@H]2[C@@H]3CC=C4C[C@@H](OCc5cc(N)cc(N)c5)CC[C@]4(C)[C@H]3CC[C@]12C. The number of hydrogen-bond acceptors (Lipinski definition) is 3. The minimum Gasteiger partial charge on any atom is -0.399 e. The molecule has 0 saturated heterocycles. The maximum absolute atomic E-state index is 6.43. The van der Waals surface area contributed by atoms with Gasteiger partial charge in [-0.2, -0.15) is 0 Å². The normalized spacial score (nSPS) is 38.0. The third-order valence-corrected chi connectivity index (χ3v) is 11.8. The van der Waals surface area contributed by atoms with E-state index in [9.17, 15) is 0 Å². The Bertz CT molecular complexity index is 964. The van der Waals surface area contributed by atoms with Crippen molar-refractivity contribution in [2.45, 2.75) is 118 Å². The fourth-order valence-electron chi connectivity index (χ4n) is 9.84. The van der Waals surface area contributed by atoms with E-state index in [2.05, 4.69) is 40.7 Å². The fourth-order valence-corrected chi connectivity index (χ4v) is 9.84. The number of rotatable bonds is 8. The maximum Gasteiger partial charge on any atom is 0.0722 e. The number of benzene rings is 1. The van der Waals surface area contributed by atoms with Gasteiger partial charge in [0.25, 0.3) is 0 Å². The van der Waals surface area contributed by atoms with E-state index < -0.39 is 0 Å². The molecule has 0 unspecified atom stereocenters. The molecule has 4 aliphatic carbocycles. The first-order valence-corrected chi connectivity index (χ1v) is 15.6. The van der Waals surface area contributed by atoms with E-state index in [4.69, 9.17) is 16.2 Å². The molecule has 5 rings (SSSR count). The van der Waals surface area contributed by atoms with Crippen LogP contribution in [-0.2, 0) is 11.3 Å².